The summed E-state index contributed by atoms with van der Waals surface area (Å²) in [4.78, 5) is 0. The topological polar surface area (TPSA) is 9.23 Å². The van der Waals surface area contributed by atoms with E-state index in [9.17, 15) is 0 Å². The van der Waals surface area contributed by atoms with Gasteiger partial charge in [0.05, 0.1) is 6.61 Å². The minimum atomic E-state index is 0.706. The minimum Gasteiger partial charge on any atom is -0.381 e. The largest absolute Gasteiger partial charge is 0.381 e. The van der Waals surface area contributed by atoms with Crippen molar-refractivity contribution in [3.63, 3.8) is 0 Å². The number of ether oxygens (including phenoxy) is 1. The highest BCUT2D eigenvalue weighted by atomic mass is 16.5. The maximum absolute atomic E-state index is 4.87. The van der Waals surface area contributed by atoms with Crippen LogP contribution in [0.25, 0.3) is 0 Å². The van der Waals surface area contributed by atoms with Crippen molar-refractivity contribution >= 4 is 0 Å². The van der Waals surface area contributed by atoms with Gasteiger partial charge in [-0.1, -0.05) is 30.7 Å². The molecule has 0 spiro atoms. The van der Waals surface area contributed by atoms with Crippen molar-refractivity contribution in [2.24, 2.45) is 0 Å². The minimum absolute atomic E-state index is 0.706. The Morgan fingerprint density at radius 2 is 2.20 bits per heavy atom. The van der Waals surface area contributed by atoms with Crippen LogP contribution in [0.3, 0.4) is 0 Å². The molecule has 0 saturated heterocycles. The van der Waals surface area contributed by atoms with Crippen LogP contribution in [-0.2, 0) is 4.74 Å². The number of hydrogen-bond donors (Lipinski definition) is 0. The summed E-state index contributed by atoms with van der Waals surface area (Å²) in [7, 11) is 1.70. The predicted octanol–water partition coefficient (Wildman–Crippen LogP) is 2.55. The van der Waals surface area contributed by atoms with Crippen LogP contribution in [-0.4, -0.2) is 13.7 Å². The number of hydrogen-bond acceptors (Lipinski definition) is 1. The zero-order valence-electron chi connectivity index (χ0n) is 7.05. The molecular weight excluding hydrogens is 124 g/mol. The van der Waals surface area contributed by atoms with Gasteiger partial charge in [0.25, 0.3) is 0 Å². The van der Waals surface area contributed by atoms with Gasteiger partial charge in [0.15, 0.2) is 0 Å². The van der Waals surface area contributed by atoms with Gasteiger partial charge >= 0.3 is 0 Å². The van der Waals surface area contributed by atoms with Crippen LogP contribution in [0.2, 0.25) is 0 Å². The summed E-state index contributed by atoms with van der Waals surface area (Å²) in [6.07, 6.45) is 7.34. The highest BCUT2D eigenvalue weighted by molar-refractivity contribution is 5.16. The molecule has 0 heterocycles. The first-order valence-corrected chi connectivity index (χ1v) is 3.65. The van der Waals surface area contributed by atoms with Crippen LogP contribution in [0.1, 0.15) is 20.3 Å². The van der Waals surface area contributed by atoms with E-state index >= 15 is 0 Å². The normalized spacial score (nSPS) is 12.9. The molecule has 0 unspecified atom stereocenters. The van der Waals surface area contributed by atoms with E-state index in [2.05, 4.69) is 26.0 Å². The third-order valence-corrected chi connectivity index (χ3v) is 1.37. The summed E-state index contributed by atoms with van der Waals surface area (Å²) in [5, 5.41) is 0. The molecule has 1 nitrogen and oxygen atoms in total. The Labute approximate surface area is 63.4 Å². The van der Waals surface area contributed by atoms with E-state index in [0.717, 1.165) is 6.42 Å². The fourth-order valence-electron chi connectivity index (χ4n) is 0.714. The van der Waals surface area contributed by atoms with Crippen molar-refractivity contribution in [1.82, 2.24) is 0 Å². The van der Waals surface area contributed by atoms with Crippen LogP contribution >= 0.6 is 0 Å². The Bertz CT molecular complexity index is 123. The molecule has 0 amide bonds. The standard InChI is InChI=1S/C9H16O/c1-4-9(5-2)7-6-8-10-3/h4,6-7H,5,8H2,1-3H3/b7-6-,9-4-. The molecular formula is C9H16O. The van der Waals surface area contributed by atoms with Gasteiger partial charge in [-0.05, 0) is 13.3 Å². The maximum Gasteiger partial charge on any atom is 0.0646 e. The second kappa shape index (κ2) is 6.56. The summed E-state index contributed by atoms with van der Waals surface area (Å²) < 4.78 is 4.87. The summed E-state index contributed by atoms with van der Waals surface area (Å²) in [5.41, 5.74) is 1.36. The fourth-order valence-corrected chi connectivity index (χ4v) is 0.714. The molecule has 0 aromatic heterocycles. The second-order valence-electron chi connectivity index (χ2n) is 2.07. The first kappa shape index (κ1) is 9.44. The van der Waals surface area contributed by atoms with E-state index in [1.165, 1.54) is 5.57 Å². The third kappa shape index (κ3) is 4.33. The summed E-state index contributed by atoms with van der Waals surface area (Å²) in [6, 6.07) is 0. The zero-order chi connectivity index (χ0) is 7.82. The van der Waals surface area contributed by atoms with Gasteiger partial charge in [-0.15, -0.1) is 0 Å². The van der Waals surface area contributed by atoms with E-state index in [1.807, 2.05) is 6.08 Å². The highest BCUT2D eigenvalue weighted by Crippen LogP contribution is 2.00. The van der Waals surface area contributed by atoms with Crippen molar-refractivity contribution in [1.29, 1.82) is 0 Å². The SMILES string of the molecule is C/C=C(\C=C/COC)CC. The van der Waals surface area contributed by atoms with E-state index in [-0.39, 0.29) is 0 Å². The monoisotopic (exact) mass is 140 g/mol. The average Bonchev–Trinajstić information content (AvgIpc) is 1.99. The van der Waals surface area contributed by atoms with Crippen LogP contribution in [0.5, 0.6) is 0 Å². The Kier molecular flexibility index (Phi) is 6.19. The lowest BCUT2D eigenvalue weighted by Gasteiger charge is -1.93. The molecule has 1 heteroatoms. The van der Waals surface area contributed by atoms with Crippen molar-refractivity contribution in [2.45, 2.75) is 20.3 Å². The molecule has 0 radical (unpaired) electrons. The molecule has 0 aliphatic heterocycles. The molecule has 0 aromatic carbocycles. The molecule has 58 valence electrons. The first-order valence-electron chi connectivity index (χ1n) is 3.65. The molecule has 0 aromatic rings. The summed E-state index contributed by atoms with van der Waals surface area (Å²) in [5.74, 6) is 0. The lowest BCUT2D eigenvalue weighted by molar-refractivity contribution is 0.234. The molecule has 0 atom stereocenters. The predicted molar refractivity (Wildman–Crippen MR) is 45.1 cm³/mol. The van der Waals surface area contributed by atoms with Crippen LogP contribution < -0.4 is 0 Å². The first-order chi connectivity index (χ1) is 4.85. The van der Waals surface area contributed by atoms with Gasteiger partial charge in [-0.25, -0.2) is 0 Å². The molecule has 10 heavy (non-hydrogen) atoms. The number of rotatable bonds is 4. The molecule has 0 aliphatic carbocycles. The molecule has 0 saturated carbocycles. The van der Waals surface area contributed by atoms with Crippen molar-refractivity contribution in [3.8, 4) is 0 Å². The Hall–Kier alpha value is -0.560. The van der Waals surface area contributed by atoms with E-state index < -0.39 is 0 Å². The van der Waals surface area contributed by atoms with Crippen LogP contribution in [0.15, 0.2) is 23.8 Å². The van der Waals surface area contributed by atoms with Gasteiger partial charge in [0, 0.05) is 7.11 Å². The Morgan fingerprint density at radius 3 is 2.60 bits per heavy atom. The van der Waals surface area contributed by atoms with Gasteiger partial charge in [0.2, 0.25) is 0 Å². The molecule has 0 N–H and O–H groups in total. The van der Waals surface area contributed by atoms with Crippen LogP contribution in [0, 0.1) is 0 Å². The van der Waals surface area contributed by atoms with E-state index in [1.54, 1.807) is 7.11 Å². The van der Waals surface area contributed by atoms with Gasteiger partial charge in [-0.2, -0.15) is 0 Å². The van der Waals surface area contributed by atoms with Gasteiger partial charge < -0.3 is 4.74 Å². The molecule has 0 bridgehead atoms. The van der Waals surface area contributed by atoms with E-state index in [4.69, 9.17) is 4.74 Å². The summed E-state index contributed by atoms with van der Waals surface area (Å²) >= 11 is 0. The molecule has 0 fully saturated rings. The number of methoxy groups -OCH3 is 1. The Balaban J connectivity index is 3.63. The molecule has 0 aliphatic rings. The van der Waals surface area contributed by atoms with Gasteiger partial charge in [0.1, 0.15) is 0 Å². The van der Waals surface area contributed by atoms with E-state index in [0.29, 0.717) is 6.61 Å². The zero-order valence-corrected chi connectivity index (χ0v) is 7.05. The Morgan fingerprint density at radius 1 is 1.50 bits per heavy atom. The molecule has 0 rings (SSSR count). The maximum atomic E-state index is 4.87. The lowest BCUT2D eigenvalue weighted by atomic mass is 10.2. The second-order valence-corrected chi connectivity index (χ2v) is 2.07. The lowest BCUT2D eigenvalue weighted by Crippen LogP contribution is -1.81. The van der Waals surface area contributed by atoms with Crippen molar-refractivity contribution in [2.75, 3.05) is 13.7 Å². The third-order valence-electron chi connectivity index (χ3n) is 1.37. The van der Waals surface area contributed by atoms with Gasteiger partial charge in [-0.3, -0.25) is 0 Å². The smallest absolute Gasteiger partial charge is 0.0646 e. The number of allylic oxidation sites excluding steroid dienone is 3. The quantitative estimate of drug-likeness (QED) is 0.545. The highest BCUT2D eigenvalue weighted by Gasteiger charge is 1.82. The van der Waals surface area contributed by atoms with Crippen molar-refractivity contribution < 1.29 is 4.74 Å². The van der Waals surface area contributed by atoms with Crippen molar-refractivity contribution in [3.05, 3.63) is 23.8 Å². The van der Waals surface area contributed by atoms with Crippen LogP contribution in [0.4, 0.5) is 0 Å². The summed E-state index contributed by atoms with van der Waals surface area (Å²) in [6.45, 7) is 4.90. The fraction of sp³-hybridized carbons (Fsp3) is 0.556. The average molecular weight is 140 g/mol.